The maximum atomic E-state index is 13.1. The number of anilines is 2. The second kappa shape index (κ2) is 13.6. The van der Waals surface area contributed by atoms with Crippen LogP contribution in [0.2, 0.25) is 0 Å². The Bertz CT molecular complexity index is 1880. The molecule has 0 bridgehead atoms. The fourth-order valence-electron chi connectivity index (χ4n) is 6.16. The molecule has 6 aromatic rings. The van der Waals surface area contributed by atoms with Gasteiger partial charge in [0, 0.05) is 40.4 Å². The Morgan fingerprint density at radius 1 is 0.870 bits per heavy atom. The molecular weight excluding hydrogens is 638 g/mol. The number of aromatic amines is 1. The Hall–Kier alpha value is -4.95. The zero-order valence-electron chi connectivity index (χ0n) is 25.2. The topological polar surface area (TPSA) is 91.9 Å². The van der Waals surface area contributed by atoms with Crippen molar-refractivity contribution in [2.75, 3.05) is 5.32 Å². The van der Waals surface area contributed by atoms with Gasteiger partial charge in [-0.2, -0.15) is 0 Å². The minimum atomic E-state index is -0.173. The third kappa shape index (κ3) is 7.13. The zero-order valence-corrected chi connectivity index (χ0v) is 26.8. The van der Waals surface area contributed by atoms with E-state index in [-0.39, 0.29) is 11.9 Å². The van der Waals surface area contributed by atoms with E-state index in [1.807, 2.05) is 42.5 Å². The Morgan fingerprint density at radius 2 is 1.57 bits per heavy atom. The first-order chi connectivity index (χ1) is 22.6. The molecule has 7 rings (SSSR count). The molecule has 0 radical (unpaired) electrons. The van der Waals surface area contributed by atoms with E-state index >= 15 is 0 Å². The van der Waals surface area contributed by atoms with Crippen LogP contribution in [0.1, 0.15) is 53.2 Å². The average molecular weight is 673 g/mol. The number of aromatic nitrogens is 3. The van der Waals surface area contributed by atoms with Gasteiger partial charge in [-0.05, 0) is 85.2 Å². The molecule has 0 saturated heterocycles. The number of hydrogen-bond donors (Lipinski definition) is 3. The van der Waals surface area contributed by atoms with Gasteiger partial charge in [0.25, 0.3) is 5.91 Å². The highest BCUT2D eigenvalue weighted by Gasteiger charge is 2.31. The van der Waals surface area contributed by atoms with E-state index < -0.39 is 0 Å². The lowest BCUT2D eigenvalue weighted by atomic mass is 9.75. The van der Waals surface area contributed by atoms with Crippen molar-refractivity contribution in [2.45, 2.75) is 37.6 Å². The predicted octanol–water partition coefficient (Wildman–Crippen LogP) is 9.38. The predicted molar refractivity (Wildman–Crippen MR) is 186 cm³/mol. The number of imidazole rings is 1. The highest BCUT2D eigenvalue weighted by atomic mass is 79.9. The summed E-state index contributed by atoms with van der Waals surface area (Å²) in [5.74, 6) is 2.64. The number of ether oxygens (including phenoxy) is 1. The summed E-state index contributed by atoms with van der Waals surface area (Å²) >= 11 is 3.45. The number of carbonyl (C=O) groups excluding carboxylic acids is 1. The average Bonchev–Trinajstić information content (AvgIpc) is 3.47. The molecular formula is C38H34BrN5O2. The number of rotatable bonds is 11. The minimum absolute atomic E-state index is 0.166. The number of hydrogen-bond acceptors (Lipinski definition) is 5. The molecule has 0 spiro atoms. The molecule has 1 amide bonds. The summed E-state index contributed by atoms with van der Waals surface area (Å²) in [5.41, 5.74) is 5.64. The molecule has 46 heavy (non-hydrogen) atoms. The lowest BCUT2D eigenvalue weighted by molar-refractivity contribution is 0.0879. The van der Waals surface area contributed by atoms with Crippen LogP contribution in [0.4, 0.5) is 11.6 Å². The second-order valence-electron chi connectivity index (χ2n) is 11.8. The van der Waals surface area contributed by atoms with Crippen LogP contribution in [0.15, 0.2) is 126 Å². The van der Waals surface area contributed by atoms with Crippen LogP contribution in [0.3, 0.4) is 0 Å². The molecule has 1 fully saturated rings. The van der Waals surface area contributed by atoms with Crippen LogP contribution < -0.4 is 15.4 Å². The van der Waals surface area contributed by atoms with Gasteiger partial charge in [-0.3, -0.25) is 9.78 Å². The van der Waals surface area contributed by atoms with E-state index in [0.717, 1.165) is 46.9 Å². The summed E-state index contributed by atoms with van der Waals surface area (Å²) in [6.07, 6.45) is 5.80. The number of nitrogens with zero attached hydrogens (tertiary/aromatic N) is 2. The van der Waals surface area contributed by atoms with Gasteiger partial charge >= 0.3 is 0 Å². The Kier molecular flexibility index (Phi) is 8.78. The molecule has 1 aliphatic carbocycles. The van der Waals surface area contributed by atoms with Crippen molar-refractivity contribution in [3.05, 3.63) is 143 Å². The highest BCUT2D eigenvalue weighted by Crippen LogP contribution is 2.37. The summed E-state index contributed by atoms with van der Waals surface area (Å²) in [6.45, 7) is 0. The normalized spacial score (nSPS) is 15.8. The number of H-pyrrole nitrogens is 1. The Labute approximate surface area is 276 Å². The van der Waals surface area contributed by atoms with Crippen LogP contribution in [0, 0.1) is 5.92 Å². The summed E-state index contributed by atoms with van der Waals surface area (Å²) < 4.78 is 7.13. The first-order valence-electron chi connectivity index (χ1n) is 15.6. The van der Waals surface area contributed by atoms with Crippen molar-refractivity contribution < 1.29 is 9.53 Å². The SMILES string of the molecule is O=C(NC1CC(CCC(c2ccccc2)c2ccccc2)C1)c1cc(Oc2ccc3nc(Nc4ccc(Br)cc4)[nH]c3c2)ccn1. The highest BCUT2D eigenvalue weighted by molar-refractivity contribution is 9.10. The van der Waals surface area contributed by atoms with Crippen LogP contribution in [0.25, 0.3) is 11.0 Å². The number of pyridine rings is 1. The van der Waals surface area contributed by atoms with Crippen molar-refractivity contribution >= 4 is 44.5 Å². The molecule has 2 heterocycles. The molecule has 0 atom stereocenters. The van der Waals surface area contributed by atoms with Crippen LogP contribution in [-0.4, -0.2) is 26.9 Å². The Balaban J connectivity index is 0.923. The summed E-state index contributed by atoms with van der Waals surface area (Å²) in [5, 5.41) is 6.46. The third-order valence-corrected chi connectivity index (χ3v) is 9.13. The van der Waals surface area contributed by atoms with Gasteiger partial charge in [0.15, 0.2) is 0 Å². The zero-order chi connectivity index (χ0) is 31.3. The van der Waals surface area contributed by atoms with Gasteiger partial charge in [0.05, 0.1) is 11.0 Å². The van der Waals surface area contributed by atoms with Crippen molar-refractivity contribution in [3.63, 3.8) is 0 Å². The van der Waals surface area contributed by atoms with E-state index in [0.29, 0.717) is 35.0 Å². The fourth-order valence-corrected chi connectivity index (χ4v) is 6.43. The Morgan fingerprint density at radius 3 is 2.28 bits per heavy atom. The maximum Gasteiger partial charge on any atom is 0.270 e. The molecule has 2 aromatic heterocycles. The number of halogens is 1. The fraction of sp³-hybridized carbons (Fsp3) is 0.184. The number of benzene rings is 4. The molecule has 3 N–H and O–H groups in total. The van der Waals surface area contributed by atoms with E-state index in [4.69, 9.17) is 4.74 Å². The van der Waals surface area contributed by atoms with Crippen molar-refractivity contribution in [2.24, 2.45) is 5.92 Å². The molecule has 1 aliphatic rings. The first-order valence-corrected chi connectivity index (χ1v) is 16.4. The lowest BCUT2D eigenvalue weighted by Crippen LogP contribution is -2.44. The van der Waals surface area contributed by atoms with E-state index in [2.05, 4.69) is 102 Å². The largest absolute Gasteiger partial charge is 0.457 e. The lowest BCUT2D eigenvalue weighted by Gasteiger charge is -2.36. The van der Waals surface area contributed by atoms with E-state index in [1.165, 1.54) is 11.1 Å². The van der Waals surface area contributed by atoms with Gasteiger partial charge in [-0.15, -0.1) is 0 Å². The van der Waals surface area contributed by atoms with E-state index in [1.54, 1.807) is 18.3 Å². The monoisotopic (exact) mass is 671 g/mol. The number of fused-ring (bicyclic) bond motifs is 1. The smallest absolute Gasteiger partial charge is 0.270 e. The van der Waals surface area contributed by atoms with Crippen LogP contribution >= 0.6 is 15.9 Å². The summed E-state index contributed by atoms with van der Waals surface area (Å²) in [6, 6.07) is 38.7. The molecule has 4 aromatic carbocycles. The third-order valence-electron chi connectivity index (χ3n) is 8.60. The van der Waals surface area contributed by atoms with Crippen molar-refractivity contribution in [1.29, 1.82) is 0 Å². The summed E-state index contributed by atoms with van der Waals surface area (Å²) in [7, 11) is 0. The van der Waals surface area contributed by atoms with Gasteiger partial charge in [0.2, 0.25) is 5.95 Å². The standard InChI is InChI=1S/C38H34BrN5O2/c39-28-12-14-29(15-13-28)42-38-43-34-18-16-31(23-35(34)44-38)46-32-19-20-40-36(24-32)37(45)41-30-21-25(22-30)11-17-33(26-7-3-1-4-8-26)27-9-5-2-6-10-27/h1-10,12-16,18-20,23-25,30,33H,11,17,21-22H2,(H,41,45)(H2,42,43,44). The minimum Gasteiger partial charge on any atom is -0.457 e. The van der Waals surface area contributed by atoms with E-state index in [9.17, 15) is 4.79 Å². The number of nitrogens with one attached hydrogen (secondary N) is 3. The number of carbonyl (C=O) groups is 1. The maximum absolute atomic E-state index is 13.1. The second-order valence-corrected chi connectivity index (χ2v) is 12.7. The van der Waals surface area contributed by atoms with Gasteiger partial charge in [-0.25, -0.2) is 4.98 Å². The first kappa shape index (κ1) is 29.7. The molecule has 0 unspecified atom stereocenters. The molecule has 1 saturated carbocycles. The van der Waals surface area contributed by atoms with Gasteiger partial charge in [0.1, 0.15) is 17.2 Å². The van der Waals surface area contributed by atoms with Crippen molar-refractivity contribution in [1.82, 2.24) is 20.3 Å². The quantitative estimate of drug-likeness (QED) is 0.128. The van der Waals surface area contributed by atoms with Gasteiger partial charge < -0.3 is 20.4 Å². The van der Waals surface area contributed by atoms with Crippen LogP contribution in [0.5, 0.6) is 11.5 Å². The number of amides is 1. The van der Waals surface area contributed by atoms with Gasteiger partial charge in [-0.1, -0.05) is 76.6 Å². The molecule has 0 aliphatic heterocycles. The molecule has 7 nitrogen and oxygen atoms in total. The van der Waals surface area contributed by atoms with Crippen LogP contribution in [-0.2, 0) is 0 Å². The van der Waals surface area contributed by atoms with Crippen molar-refractivity contribution in [3.8, 4) is 11.5 Å². The summed E-state index contributed by atoms with van der Waals surface area (Å²) in [4.78, 5) is 25.3. The molecule has 8 heteroatoms. The molecule has 230 valence electrons.